The van der Waals surface area contributed by atoms with E-state index in [1.165, 1.54) is 30.1 Å². The molecule has 0 saturated carbocycles. The lowest BCUT2D eigenvalue weighted by Crippen LogP contribution is -2.34. The maximum absolute atomic E-state index is 12.7. The number of halogens is 5. The minimum absolute atomic E-state index is 0.0436. The standard InChI is InChI=1S/C13H16F5NO/c1-19(8-12(14)15)7-10(20)6-9-4-2-3-5-11(9)13(16,17)18/h2-5,10,12,20H,6-8H2,1H3. The van der Waals surface area contributed by atoms with Gasteiger partial charge in [-0.05, 0) is 18.7 Å². The molecule has 1 unspecified atom stereocenters. The van der Waals surface area contributed by atoms with Crippen molar-refractivity contribution in [1.29, 1.82) is 0 Å². The Hall–Kier alpha value is -1.21. The van der Waals surface area contributed by atoms with Crippen LogP contribution in [0.15, 0.2) is 24.3 Å². The molecule has 0 fully saturated rings. The highest BCUT2D eigenvalue weighted by molar-refractivity contribution is 5.30. The molecule has 0 heterocycles. The SMILES string of the molecule is CN(CC(F)F)CC(O)Cc1ccccc1C(F)(F)F. The summed E-state index contributed by atoms with van der Waals surface area (Å²) in [7, 11) is 1.38. The van der Waals surface area contributed by atoms with Gasteiger partial charge in [0.05, 0.1) is 18.2 Å². The Kier molecular flexibility index (Phi) is 5.88. The van der Waals surface area contributed by atoms with Gasteiger partial charge in [-0.1, -0.05) is 18.2 Å². The van der Waals surface area contributed by atoms with Crippen molar-refractivity contribution in [3.05, 3.63) is 35.4 Å². The molecule has 1 aromatic carbocycles. The number of alkyl halides is 5. The molecule has 1 rings (SSSR count). The van der Waals surface area contributed by atoms with Gasteiger partial charge in [0.2, 0.25) is 0 Å². The van der Waals surface area contributed by atoms with Gasteiger partial charge in [-0.25, -0.2) is 8.78 Å². The van der Waals surface area contributed by atoms with Crippen molar-refractivity contribution >= 4 is 0 Å². The normalized spacial score (nSPS) is 14.1. The lowest BCUT2D eigenvalue weighted by atomic mass is 10.0. The average Bonchev–Trinajstić information content (AvgIpc) is 2.26. The molecule has 0 aliphatic heterocycles. The van der Waals surface area contributed by atoms with Crippen molar-refractivity contribution in [3.63, 3.8) is 0 Å². The molecule has 0 aliphatic rings. The fraction of sp³-hybridized carbons (Fsp3) is 0.538. The van der Waals surface area contributed by atoms with Gasteiger partial charge < -0.3 is 5.11 Å². The van der Waals surface area contributed by atoms with Crippen molar-refractivity contribution in [2.45, 2.75) is 25.1 Å². The number of nitrogens with zero attached hydrogens (tertiary/aromatic N) is 1. The topological polar surface area (TPSA) is 23.5 Å². The van der Waals surface area contributed by atoms with Crippen molar-refractivity contribution in [1.82, 2.24) is 4.90 Å². The van der Waals surface area contributed by atoms with Gasteiger partial charge in [0.25, 0.3) is 6.43 Å². The van der Waals surface area contributed by atoms with Crippen molar-refractivity contribution in [2.75, 3.05) is 20.1 Å². The molecule has 1 atom stereocenters. The maximum atomic E-state index is 12.7. The number of rotatable bonds is 6. The summed E-state index contributed by atoms with van der Waals surface area (Å²) >= 11 is 0. The predicted octanol–water partition coefficient (Wildman–Crippen LogP) is 2.81. The summed E-state index contributed by atoms with van der Waals surface area (Å²) in [6.07, 6.45) is -8.41. The Bertz CT molecular complexity index is 421. The minimum atomic E-state index is -4.49. The van der Waals surface area contributed by atoms with E-state index in [9.17, 15) is 27.1 Å². The summed E-state index contributed by atoms with van der Waals surface area (Å²) in [5.74, 6) is 0. The number of likely N-dealkylation sites (N-methyl/N-ethyl adjacent to an activating group) is 1. The second kappa shape index (κ2) is 6.99. The molecule has 0 saturated heterocycles. The zero-order chi connectivity index (χ0) is 15.3. The third kappa shape index (κ3) is 5.42. The molecule has 0 amide bonds. The van der Waals surface area contributed by atoms with Gasteiger partial charge in [-0.2, -0.15) is 13.2 Å². The summed E-state index contributed by atoms with van der Waals surface area (Å²) in [5.41, 5.74) is -0.853. The smallest absolute Gasteiger partial charge is 0.391 e. The molecule has 0 aromatic heterocycles. The first-order chi connectivity index (χ1) is 9.20. The Morgan fingerprint density at radius 3 is 2.30 bits per heavy atom. The molecule has 0 spiro atoms. The summed E-state index contributed by atoms with van der Waals surface area (Å²) < 4.78 is 62.4. The van der Waals surface area contributed by atoms with E-state index in [2.05, 4.69) is 0 Å². The monoisotopic (exact) mass is 297 g/mol. The van der Waals surface area contributed by atoms with Gasteiger partial charge in [-0.15, -0.1) is 0 Å². The molecular formula is C13H16F5NO. The zero-order valence-corrected chi connectivity index (χ0v) is 10.9. The van der Waals surface area contributed by atoms with Gasteiger partial charge in [-0.3, -0.25) is 4.90 Å². The second-order valence-electron chi connectivity index (χ2n) is 4.63. The summed E-state index contributed by atoms with van der Waals surface area (Å²) in [6.45, 7) is -0.644. The zero-order valence-electron chi connectivity index (χ0n) is 10.9. The number of aliphatic hydroxyl groups excluding tert-OH is 1. The molecule has 0 bridgehead atoms. The van der Waals surface area contributed by atoms with Crippen LogP contribution in [-0.4, -0.2) is 42.7 Å². The first-order valence-corrected chi connectivity index (χ1v) is 6.00. The van der Waals surface area contributed by atoms with E-state index in [0.717, 1.165) is 6.07 Å². The molecule has 20 heavy (non-hydrogen) atoms. The van der Waals surface area contributed by atoms with E-state index in [0.29, 0.717) is 0 Å². The molecule has 1 aromatic rings. The van der Waals surface area contributed by atoms with Crippen LogP contribution in [0.2, 0.25) is 0 Å². The van der Waals surface area contributed by atoms with Crippen molar-refractivity contribution < 1.29 is 27.1 Å². The molecule has 0 aliphatic carbocycles. The molecule has 0 radical (unpaired) electrons. The van der Waals surface area contributed by atoms with Gasteiger partial charge in [0.15, 0.2) is 0 Å². The highest BCUT2D eigenvalue weighted by Crippen LogP contribution is 2.32. The third-order valence-electron chi connectivity index (χ3n) is 2.75. The minimum Gasteiger partial charge on any atom is -0.391 e. The molecule has 1 N–H and O–H groups in total. The lowest BCUT2D eigenvalue weighted by Gasteiger charge is -2.21. The molecule has 7 heteroatoms. The Labute approximate surface area is 113 Å². The Morgan fingerprint density at radius 2 is 1.75 bits per heavy atom. The lowest BCUT2D eigenvalue weighted by molar-refractivity contribution is -0.138. The van der Waals surface area contributed by atoms with Crippen LogP contribution in [0.5, 0.6) is 0 Å². The van der Waals surface area contributed by atoms with Crippen molar-refractivity contribution in [2.24, 2.45) is 0 Å². The first kappa shape index (κ1) is 16.8. The van der Waals surface area contributed by atoms with E-state index < -0.39 is 30.8 Å². The fourth-order valence-corrected chi connectivity index (χ4v) is 1.96. The van der Waals surface area contributed by atoms with Gasteiger partial charge in [0, 0.05) is 13.0 Å². The number of benzene rings is 1. The summed E-state index contributed by atoms with van der Waals surface area (Å²) in [6, 6.07) is 4.92. The molecular weight excluding hydrogens is 281 g/mol. The largest absolute Gasteiger partial charge is 0.416 e. The van der Waals surface area contributed by atoms with Gasteiger partial charge in [0.1, 0.15) is 0 Å². The van der Waals surface area contributed by atoms with Crippen LogP contribution in [-0.2, 0) is 12.6 Å². The molecule has 114 valence electrons. The Morgan fingerprint density at radius 1 is 1.15 bits per heavy atom. The third-order valence-corrected chi connectivity index (χ3v) is 2.75. The fourth-order valence-electron chi connectivity index (χ4n) is 1.96. The van der Waals surface area contributed by atoms with Crippen LogP contribution < -0.4 is 0 Å². The van der Waals surface area contributed by atoms with Crippen LogP contribution in [0.1, 0.15) is 11.1 Å². The van der Waals surface area contributed by atoms with E-state index >= 15 is 0 Å². The highest BCUT2D eigenvalue weighted by atomic mass is 19.4. The van der Waals surface area contributed by atoms with Crippen molar-refractivity contribution in [3.8, 4) is 0 Å². The number of hydrogen-bond acceptors (Lipinski definition) is 2. The summed E-state index contributed by atoms with van der Waals surface area (Å²) in [5, 5.41) is 9.72. The van der Waals surface area contributed by atoms with Crippen LogP contribution in [0, 0.1) is 0 Å². The van der Waals surface area contributed by atoms with Crippen LogP contribution in [0.4, 0.5) is 22.0 Å². The molecule has 2 nitrogen and oxygen atoms in total. The Balaban J connectivity index is 2.69. The van der Waals surface area contributed by atoms with Crippen LogP contribution >= 0.6 is 0 Å². The van der Waals surface area contributed by atoms with E-state index in [1.54, 1.807) is 0 Å². The van der Waals surface area contributed by atoms with Crippen LogP contribution in [0.3, 0.4) is 0 Å². The second-order valence-corrected chi connectivity index (χ2v) is 4.63. The number of hydrogen-bond donors (Lipinski definition) is 1. The number of aliphatic hydroxyl groups is 1. The quantitative estimate of drug-likeness (QED) is 0.816. The predicted molar refractivity (Wildman–Crippen MR) is 64.7 cm³/mol. The first-order valence-electron chi connectivity index (χ1n) is 6.00. The highest BCUT2D eigenvalue weighted by Gasteiger charge is 2.33. The van der Waals surface area contributed by atoms with E-state index in [1.807, 2.05) is 0 Å². The van der Waals surface area contributed by atoms with Gasteiger partial charge >= 0.3 is 6.18 Å². The van der Waals surface area contributed by atoms with Crippen LogP contribution in [0.25, 0.3) is 0 Å². The van der Waals surface area contributed by atoms with E-state index in [-0.39, 0.29) is 18.5 Å². The summed E-state index contributed by atoms with van der Waals surface area (Å²) in [4.78, 5) is 1.19. The van der Waals surface area contributed by atoms with E-state index in [4.69, 9.17) is 0 Å². The average molecular weight is 297 g/mol. The maximum Gasteiger partial charge on any atom is 0.416 e.